The predicted molar refractivity (Wildman–Crippen MR) is 139 cm³/mol. The maximum Gasteiger partial charge on any atom is 0.163 e. The monoisotopic (exact) mass is 449 g/mol. The van der Waals surface area contributed by atoms with Gasteiger partial charge in [-0.25, -0.2) is 15.0 Å². The molecule has 0 aliphatic heterocycles. The lowest BCUT2D eigenvalue weighted by molar-refractivity contribution is 1.06. The largest absolute Gasteiger partial charge is 0.377 e. The second kappa shape index (κ2) is 8.33. The quantitative estimate of drug-likeness (QED) is 0.380. The summed E-state index contributed by atoms with van der Waals surface area (Å²) in [5, 5.41) is 2.13. The van der Waals surface area contributed by atoms with Crippen molar-refractivity contribution in [3.8, 4) is 22.8 Å². The average molecular weight is 450 g/mol. The Balaban J connectivity index is 1.62. The number of nitrogens with zero attached hydrogens (tertiary/aromatic N) is 7. The van der Waals surface area contributed by atoms with Crippen LogP contribution < -0.4 is 9.80 Å². The zero-order valence-corrected chi connectivity index (χ0v) is 20.3. The van der Waals surface area contributed by atoms with E-state index >= 15 is 0 Å². The molecule has 3 heterocycles. The lowest BCUT2D eigenvalue weighted by Gasteiger charge is -2.17. The van der Waals surface area contributed by atoms with Crippen LogP contribution >= 0.6 is 0 Å². The second-order valence-corrected chi connectivity index (χ2v) is 8.95. The Morgan fingerprint density at radius 2 is 1.00 bits per heavy atom. The number of anilines is 2. The van der Waals surface area contributed by atoms with Crippen LogP contribution in [0.15, 0.2) is 54.9 Å². The normalized spacial score (nSPS) is 11.2. The molecule has 0 saturated heterocycles. The molecule has 5 rings (SSSR count). The molecular weight excluding hydrogens is 422 g/mol. The Morgan fingerprint density at radius 3 is 1.41 bits per heavy atom. The van der Waals surface area contributed by atoms with Crippen LogP contribution in [0.4, 0.5) is 11.4 Å². The first-order valence-electron chi connectivity index (χ1n) is 11.2. The maximum absolute atomic E-state index is 4.82. The van der Waals surface area contributed by atoms with Gasteiger partial charge in [0.15, 0.2) is 11.6 Å². The van der Waals surface area contributed by atoms with E-state index in [2.05, 4.69) is 54.0 Å². The van der Waals surface area contributed by atoms with Crippen LogP contribution in [-0.2, 0) is 0 Å². The summed E-state index contributed by atoms with van der Waals surface area (Å²) in [6, 6.07) is 16.5. The highest BCUT2D eigenvalue weighted by Crippen LogP contribution is 2.31. The molecular formula is C27H27N7. The molecule has 0 radical (unpaired) electrons. The van der Waals surface area contributed by atoms with Crippen molar-refractivity contribution >= 4 is 33.2 Å². The van der Waals surface area contributed by atoms with Crippen LogP contribution in [0.3, 0.4) is 0 Å². The molecule has 0 amide bonds. The molecule has 170 valence electrons. The fourth-order valence-corrected chi connectivity index (χ4v) is 4.27. The van der Waals surface area contributed by atoms with Gasteiger partial charge < -0.3 is 9.80 Å². The molecule has 3 aromatic heterocycles. The molecule has 0 saturated carbocycles. The van der Waals surface area contributed by atoms with Gasteiger partial charge in [-0.05, 0) is 62.4 Å². The minimum absolute atomic E-state index is 0.632. The number of hydrogen-bond donors (Lipinski definition) is 0. The smallest absolute Gasteiger partial charge is 0.163 e. The Bertz CT molecular complexity index is 1430. The number of aromatic nitrogens is 5. The summed E-state index contributed by atoms with van der Waals surface area (Å²) >= 11 is 0. The molecule has 0 aliphatic carbocycles. The molecule has 0 atom stereocenters. The number of rotatable bonds is 4. The first-order valence-corrected chi connectivity index (χ1v) is 11.2. The highest BCUT2D eigenvalue weighted by Gasteiger charge is 2.13. The second-order valence-electron chi connectivity index (χ2n) is 8.95. The Kier molecular flexibility index (Phi) is 5.32. The minimum Gasteiger partial charge on any atom is -0.377 e. The standard InChI is InChI=1S/C27H27N7/c1-16-11-24(33(3)4)20-13-18(7-9-22(20)30-16)26-28-15-29-27(32-26)19-8-10-23-21(14-19)25(34(5)6)12-17(2)31-23/h7-15H,1-6H3. The third kappa shape index (κ3) is 3.90. The van der Waals surface area contributed by atoms with E-state index in [4.69, 9.17) is 4.98 Å². The molecule has 34 heavy (non-hydrogen) atoms. The lowest BCUT2D eigenvalue weighted by Crippen LogP contribution is -2.10. The van der Waals surface area contributed by atoms with E-state index in [0.717, 1.165) is 55.7 Å². The molecule has 0 aliphatic rings. The minimum atomic E-state index is 0.632. The van der Waals surface area contributed by atoms with Crippen LogP contribution in [0.5, 0.6) is 0 Å². The van der Waals surface area contributed by atoms with Gasteiger partial charge in [0.2, 0.25) is 0 Å². The summed E-state index contributed by atoms with van der Waals surface area (Å²) in [5.74, 6) is 1.26. The zero-order valence-electron chi connectivity index (χ0n) is 20.3. The molecule has 2 aromatic carbocycles. The van der Waals surface area contributed by atoms with Crippen LogP contribution in [0, 0.1) is 13.8 Å². The van der Waals surface area contributed by atoms with Crippen molar-refractivity contribution in [3.63, 3.8) is 0 Å². The Labute approximate surface area is 199 Å². The van der Waals surface area contributed by atoms with Crippen molar-refractivity contribution in [2.24, 2.45) is 0 Å². The van der Waals surface area contributed by atoms with E-state index in [1.54, 1.807) is 6.33 Å². The number of fused-ring (bicyclic) bond motifs is 2. The molecule has 0 fully saturated rings. The van der Waals surface area contributed by atoms with Gasteiger partial charge >= 0.3 is 0 Å². The van der Waals surface area contributed by atoms with E-state index in [0.29, 0.717) is 11.6 Å². The summed E-state index contributed by atoms with van der Waals surface area (Å²) in [7, 11) is 8.17. The van der Waals surface area contributed by atoms with Crippen molar-refractivity contribution in [1.29, 1.82) is 0 Å². The van der Waals surface area contributed by atoms with E-state index < -0.39 is 0 Å². The Hall–Kier alpha value is -4.13. The van der Waals surface area contributed by atoms with Gasteiger partial charge in [-0.2, -0.15) is 0 Å². The van der Waals surface area contributed by atoms with Gasteiger partial charge in [-0.1, -0.05) is 0 Å². The first kappa shape index (κ1) is 21.7. The average Bonchev–Trinajstić information content (AvgIpc) is 2.82. The van der Waals surface area contributed by atoms with Crippen molar-refractivity contribution in [3.05, 3.63) is 66.2 Å². The van der Waals surface area contributed by atoms with Crippen molar-refractivity contribution in [1.82, 2.24) is 24.9 Å². The third-order valence-electron chi connectivity index (χ3n) is 5.88. The van der Waals surface area contributed by atoms with Gasteiger partial charge in [0.25, 0.3) is 0 Å². The summed E-state index contributed by atoms with van der Waals surface area (Å²) in [6.45, 7) is 4.03. The van der Waals surface area contributed by atoms with Gasteiger partial charge in [-0.15, -0.1) is 0 Å². The molecule has 0 spiro atoms. The van der Waals surface area contributed by atoms with Crippen LogP contribution in [0.2, 0.25) is 0 Å². The van der Waals surface area contributed by atoms with E-state index in [9.17, 15) is 0 Å². The lowest BCUT2D eigenvalue weighted by atomic mass is 10.1. The summed E-state index contributed by atoms with van der Waals surface area (Å²) in [6.07, 6.45) is 1.58. The molecule has 5 aromatic rings. The van der Waals surface area contributed by atoms with Crippen LogP contribution in [-0.4, -0.2) is 53.1 Å². The highest BCUT2D eigenvalue weighted by molar-refractivity contribution is 5.95. The first-order chi connectivity index (χ1) is 16.3. The van der Waals surface area contributed by atoms with Gasteiger partial charge in [0.1, 0.15) is 6.33 Å². The number of aryl methyl sites for hydroxylation is 2. The molecule has 7 nitrogen and oxygen atoms in total. The summed E-state index contributed by atoms with van der Waals surface area (Å²) in [4.78, 5) is 27.4. The molecule has 0 bridgehead atoms. The summed E-state index contributed by atoms with van der Waals surface area (Å²) < 4.78 is 0. The van der Waals surface area contributed by atoms with E-state index in [1.807, 2.05) is 66.3 Å². The molecule has 0 N–H and O–H groups in total. The third-order valence-corrected chi connectivity index (χ3v) is 5.88. The SMILES string of the molecule is Cc1cc(N(C)C)c2cc(-c3ncnc(-c4ccc5nc(C)cc(N(C)C)c5c4)n3)ccc2n1. The fraction of sp³-hybridized carbons (Fsp3) is 0.222. The Morgan fingerprint density at radius 1 is 0.559 bits per heavy atom. The van der Waals surface area contributed by atoms with Crippen LogP contribution in [0.1, 0.15) is 11.4 Å². The fourth-order valence-electron chi connectivity index (χ4n) is 4.27. The van der Waals surface area contributed by atoms with E-state index in [-0.39, 0.29) is 0 Å². The number of benzene rings is 2. The number of pyridine rings is 2. The van der Waals surface area contributed by atoms with Gasteiger partial charge in [0.05, 0.1) is 11.0 Å². The van der Waals surface area contributed by atoms with Gasteiger partial charge in [-0.3, -0.25) is 9.97 Å². The topological polar surface area (TPSA) is 70.9 Å². The predicted octanol–water partition coefficient (Wildman–Crippen LogP) is 5.05. The van der Waals surface area contributed by atoms with Gasteiger partial charge in [0, 0.05) is 72.9 Å². The van der Waals surface area contributed by atoms with Crippen molar-refractivity contribution in [2.75, 3.05) is 38.0 Å². The van der Waals surface area contributed by atoms with Crippen molar-refractivity contribution in [2.45, 2.75) is 13.8 Å². The highest BCUT2D eigenvalue weighted by atomic mass is 15.1. The van der Waals surface area contributed by atoms with E-state index in [1.165, 1.54) is 0 Å². The zero-order chi connectivity index (χ0) is 24.0. The molecule has 7 heteroatoms. The van der Waals surface area contributed by atoms with Crippen molar-refractivity contribution < 1.29 is 0 Å². The van der Waals surface area contributed by atoms with Crippen LogP contribution in [0.25, 0.3) is 44.6 Å². The summed E-state index contributed by atoms with van der Waals surface area (Å²) in [5.41, 5.74) is 7.98. The number of hydrogen-bond acceptors (Lipinski definition) is 7. The molecule has 0 unspecified atom stereocenters. The maximum atomic E-state index is 4.82.